The van der Waals surface area contributed by atoms with Crippen LogP contribution in [0.2, 0.25) is 5.02 Å². The molecule has 20 heavy (non-hydrogen) atoms. The molecule has 0 atom stereocenters. The van der Waals surface area contributed by atoms with Gasteiger partial charge in [-0.1, -0.05) is 58.3 Å². The predicted molar refractivity (Wildman–Crippen MR) is 77.3 cm³/mol. The number of oxime groups is 2. The predicted octanol–water partition coefficient (Wildman–Crippen LogP) is 3.49. The van der Waals surface area contributed by atoms with Crippen molar-refractivity contribution in [2.24, 2.45) is 10.3 Å². The van der Waals surface area contributed by atoms with E-state index in [4.69, 9.17) is 11.6 Å². The minimum Gasteiger partial charge on any atom is -0.411 e. The van der Waals surface area contributed by atoms with Gasteiger partial charge in [0, 0.05) is 16.1 Å². The average molecular weight is 287 g/mol. The maximum absolute atomic E-state index is 9.34. The zero-order valence-electron chi connectivity index (χ0n) is 10.4. The van der Waals surface area contributed by atoms with Gasteiger partial charge in [-0.05, 0) is 17.7 Å². The van der Waals surface area contributed by atoms with Crippen molar-refractivity contribution in [1.29, 1.82) is 0 Å². The van der Waals surface area contributed by atoms with E-state index < -0.39 is 5.92 Å². The van der Waals surface area contributed by atoms with Crippen molar-refractivity contribution in [1.82, 2.24) is 0 Å². The quantitative estimate of drug-likeness (QED) is 0.622. The SMILES string of the molecule is ON=C1c2ccccc2C(=NO)C1c1ccc(Cl)cc1. The molecule has 1 aliphatic carbocycles. The van der Waals surface area contributed by atoms with Crippen molar-refractivity contribution in [3.63, 3.8) is 0 Å². The summed E-state index contributed by atoms with van der Waals surface area (Å²) in [6.07, 6.45) is 0. The van der Waals surface area contributed by atoms with Gasteiger partial charge in [-0.15, -0.1) is 0 Å². The molecule has 100 valence electrons. The van der Waals surface area contributed by atoms with E-state index in [9.17, 15) is 10.4 Å². The zero-order chi connectivity index (χ0) is 14.1. The molecule has 0 aliphatic heterocycles. The lowest BCUT2D eigenvalue weighted by Gasteiger charge is -2.11. The van der Waals surface area contributed by atoms with Gasteiger partial charge in [0.05, 0.1) is 5.92 Å². The summed E-state index contributed by atoms with van der Waals surface area (Å²) < 4.78 is 0. The fourth-order valence-electron chi connectivity index (χ4n) is 2.56. The molecule has 0 bridgehead atoms. The van der Waals surface area contributed by atoms with Crippen LogP contribution in [0.4, 0.5) is 0 Å². The molecular formula is C15H11ClN2O2. The Morgan fingerprint density at radius 2 is 1.30 bits per heavy atom. The van der Waals surface area contributed by atoms with Gasteiger partial charge in [-0.2, -0.15) is 0 Å². The van der Waals surface area contributed by atoms with Crippen LogP contribution in [0.5, 0.6) is 0 Å². The highest BCUT2D eigenvalue weighted by molar-refractivity contribution is 6.33. The summed E-state index contributed by atoms with van der Waals surface area (Å²) in [7, 11) is 0. The van der Waals surface area contributed by atoms with Gasteiger partial charge < -0.3 is 10.4 Å². The van der Waals surface area contributed by atoms with Crippen LogP contribution in [0.15, 0.2) is 58.8 Å². The lowest BCUT2D eigenvalue weighted by molar-refractivity contribution is 0.315. The Morgan fingerprint density at radius 1 is 0.800 bits per heavy atom. The van der Waals surface area contributed by atoms with Crippen LogP contribution < -0.4 is 0 Å². The van der Waals surface area contributed by atoms with Crippen molar-refractivity contribution >= 4 is 23.0 Å². The van der Waals surface area contributed by atoms with Crippen LogP contribution in [-0.2, 0) is 0 Å². The summed E-state index contributed by atoms with van der Waals surface area (Å²) in [4.78, 5) is 0. The number of nitrogens with zero attached hydrogens (tertiary/aromatic N) is 2. The summed E-state index contributed by atoms with van der Waals surface area (Å²) in [5.41, 5.74) is 3.32. The third kappa shape index (κ3) is 1.85. The molecule has 0 spiro atoms. The third-order valence-corrected chi connectivity index (χ3v) is 3.70. The topological polar surface area (TPSA) is 65.2 Å². The van der Waals surface area contributed by atoms with E-state index in [2.05, 4.69) is 10.3 Å². The second-order valence-electron chi connectivity index (χ2n) is 4.50. The molecule has 1 aliphatic rings. The maximum atomic E-state index is 9.34. The molecule has 2 N–H and O–H groups in total. The first-order chi connectivity index (χ1) is 9.76. The minimum absolute atomic E-state index is 0.403. The molecule has 0 saturated carbocycles. The molecule has 2 aromatic rings. The van der Waals surface area contributed by atoms with Crippen LogP contribution in [-0.4, -0.2) is 21.8 Å². The Morgan fingerprint density at radius 3 is 1.75 bits per heavy atom. The van der Waals surface area contributed by atoms with E-state index in [0.717, 1.165) is 16.7 Å². The number of fused-ring (bicyclic) bond motifs is 1. The molecule has 0 unspecified atom stereocenters. The lowest BCUT2D eigenvalue weighted by atomic mass is 9.93. The van der Waals surface area contributed by atoms with Crippen LogP contribution in [0.25, 0.3) is 0 Å². The molecule has 0 saturated heterocycles. The fourth-order valence-corrected chi connectivity index (χ4v) is 2.69. The summed E-state index contributed by atoms with van der Waals surface area (Å²) >= 11 is 5.89. The van der Waals surface area contributed by atoms with Gasteiger partial charge in [-0.25, -0.2) is 0 Å². The second kappa shape index (κ2) is 4.98. The molecule has 0 fully saturated rings. The largest absolute Gasteiger partial charge is 0.411 e. The van der Waals surface area contributed by atoms with Gasteiger partial charge >= 0.3 is 0 Å². The summed E-state index contributed by atoms with van der Waals surface area (Å²) in [6.45, 7) is 0. The molecule has 3 rings (SSSR count). The van der Waals surface area contributed by atoms with Gasteiger partial charge in [-0.3, -0.25) is 0 Å². The Hall–Kier alpha value is -2.33. The van der Waals surface area contributed by atoms with Gasteiger partial charge in [0.25, 0.3) is 0 Å². The number of hydrogen-bond donors (Lipinski definition) is 2. The van der Waals surface area contributed by atoms with Gasteiger partial charge in [0.15, 0.2) is 0 Å². The van der Waals surface area contributed by atoms with E-state index in [1.54, 1.807) is 12.1 Å². The van der Waals surface area contributed by atoms with Crippen molar-refractivity contribution in [2.45, 2.75) is 5.92 Å². The van der Waals surface area contributed by atoms with Crippen LogP contribution >= 0.6 is 11.6 Å². The first-order valence-electron chi connectivity index (χ1n) is 6.05. The number of hydrogen-bond acceptors (Lipinski definition) is 4. The van der Waals surface area contributed by atoms with Crippen molar-refractivity contribution in [3.8, 4) is 0 Å². The molecule has 0 aromatic heterocycles. The van der Waals surface area contributed by atoms with Crippen LogP contribution in [0.1, 0.15) is 22.6 Å². The molecule has 2 aromatic carbocycles. The molecule has 5 heteroatoms. The summed E-state index contributed by atoms with van der Waals surface area (Å²) in [5.74, 6) is -0.403. The van der Waals surface area contributed by atoms with Crippen LogP contribution in [0.3, 0.4) is 0 Å². The molecule has 0 radical (unpaired) electrons. The normalized spacial score (nSPS) is 21.4. The van der Waals surface area contributed by atoms with E-state index in [1.807, 2.05) is 36.4 Å². The van der Waals surface area contributed by atoms with Crippen molar-refractivity contribution < 1.29 is 10.4 Å². The first kappa shape index (κ1) is 12.7. The Bertz CT molecular complexity index is 669. The van der Waals surface area contributed by atoms with E-state index in [-0.39, 0.29) is 0 Å². The van der Waals surface area contributed by atoms with E-state index in [1.165, 1.54) is 0 Å². The third-order valence-electron chi connectivity index (χ3n) is 3.44. The first-order valence-corrected chi connectivity index (χ1v) is 6.43. The van der Waals surface area contributed by atoms with E-state index in [0.29, 0.717) is 16.4 Å². The standard InChI is InChI=1S/C15H11ClN2O2/c16-10-7-5-9(6-8-10)13-14(17-19)11-3-1-2-4-12(11)15(13)18-20/h1-8,13,19-20H. The summed E-state index contributed by atoms with van der Waals surface area (Å²) in [5, 5.41) is 26.1. The summed E-state index contributed by atoms with van der Waals surface area (Å²) in [6, 6.07) is 14.5. The maximum Gasteiger partial charge on any atom is 0.101 e. The highest BCUT2D eigenvalue weighted by Gasteiger charge is 2.36. The van der Waals surface area contributed by atoms with Crippen molar-refractivity contribution in [2.75, 3.05) is 0 Å². The highest BCUT2D eigenvalue weighted by Crippen LogP contribution is 2.35. The van der Waals surface area contributed by atoms with Crippen LogP contribution in [0, 0.1) is 0 Å². The second-order valence-corrected chi connectivity index (χ2v) is 4.94. The Kier molecular flexibility index (Phi) is 3.16. The molecular weight excluding hydrogens is 276 g/mol. The number of halogens is 1. The zero-order valence-corrected chi connectivity index (χ0v) is 11.1. The van der Waals surface area contributed by atoms with Gasteiger partial charge in [0.2, 0.25) is 0 Å². The average Bonchev–Trinajstić information content (AvgIpc) is 2.81. The Labute approximate surface area is 120 Å². The lowest BCUT2D eigenvalue weighted by Crippen LogP contribution is -2.14. The fraction of sp³-hybridized carbons (Fsp3) is 0.0667. The van der Waals surface area contributed by atoms with Gasteiger partial charge in [0.1, 0.15) is 11.4 Å². The smallest absolute Gasteiger partial charge is 0.101 e. The molecule has 0 amide bonds. The molecule has 4 nitrogen and oxygen atoms in total. The number of benzene rings is 2. The molecule has 0 heterocycles. The minimum atomic E-state index is -0.403. The Balaban J connectivity index is 2.19. The highest BCUT2D eigenvalue weighted by atomic mass is 35.5. The van der Waals surface area contributed by atoms with E-state index >= 15 is 0 Å². The number of rotatable bonds is 1. The van der Waals surface area contributed by atoms with Crippen molar-refractivity contribution in [3.05, 3.63) is 70.2 Å². The monoisotopic (exact) mass is 286 g/mol.